The maximum atomic E-state index is 14.1. The van der Waals surface area contributed by atoms with Crippen molar-refractivity contribution in [3.8, 4) is 0 Å². The molecule has 2 saturated heterocycles. The van der Waals surface area contributed by atoms with Gasteiger partial charge in [-0.2, -0.15) is 0 Å². The number of likely N-dealkylation sites (N-methyl/N-ethyl adjacent to an activating group) is 2. The highest BCUT2D eigenvalue weighted by molar-refractivity contribution is 5.95. The lowest BCUT2D eigenvalue weighted by Crippen LogP contribution is -2.59. The van der Waals surface area contributed by atoms with Gasteiger partial charge in [0.1, 0.15) is 36.4 Å². The second-order valence-electron chi connectivity index (χ2n) is 21.7. The number of hydrogen-bond donors (Lipinski definition) is 6. The van der Waals surface area contributed by atoms with Crippen LogP contribution >= 0.6 is 24.8 Å². The van der Waals surface area contributed by atoms with Crippen LogP contribution in [0.5, 0.6) is 0 Å². The minimum absolute atomic E-state index is 0. The number of nitrogens with one attached hydrogen (secondary N) is 6. The van der Waals surface area contributed by atoms with Crippen LogP contribution in [0.3, 0.4) is 0 Å². The number of esters is 2. The smallest absolute Gasteiger partial charge is 0.306 e. The number of rotatable bonds is 18. The zero-order chi connectivity index (χ0) is 51.9. The summed E-state index contributed by atoms with van der Waals surface area (Å²) in [6.45, 7) is 15.3. The van der Waals surface area contributed by atoms with Crippen molar-refractivity contribution in [1.82, 2.24) is 41.7 Å². The van der Waals surface area contributed by atoms with E-state index in [-0.39, 0.29) is 79.5 Å². The lowest BCUT2D eigenvalue weighted by molar-refractivity contribution is -0.153. The third-order valence-corrected chi connectivity index (χ3v) is 14.4. The van der Waals surface area contributed by atoms with E-state index in [1.807, 2.05) is 90.1 Å². The van der Waals surface area contributed by atoms with Gasteiger partial charge in [-0.05, 0) is 93.1 Å². The van der Waals surface area contributed by atoms with Gasteiger partial charge in [0.05, 0.1) is 24.2 Å². The van der Waals surface area contributed by atoms with E-state index >= 15 is 0 Å². The molecular weight excluding hydrogens is 980 g/mol. The standard InChI is InChI=1S/C53H76N8O10.2ClH/c1-30(54-9)46(64)58-44(52(3,4)5)50(68)60-26-16-22-36(60)48(66)56-42-34-20-13-11-18-32(34)28-38(42)70-40(62)24-15-25-41(63)71-39-29-33-19-12-14-21-35(33)43(39)57-49(67)37-23-17-27-61(37)51(69)45(53(6,7)8)59-47(65)31(2)55-10;;/h11-14,18-21,30-31,36-39,42-45,54-55H,15-17,22-29H2,1-10H3,(H,56,66)(H,57,67)(H,58,64)(H,59,65);2*1H/t30-,31-,36?,37?,38-,39-,42-,43-,44+,45+;;/m0../s1. The van der Waals surface area contributed by atoms with E-state index in [2.05, 4.69) is 31.9 Å². The Morgan fingerprint density at radius 1 is 0.589 bits per heavy atom. The van der Waals surface area contributed by atoms with Crippen molar-refractivity contribution >= 4 is 72.2 Å². The summed E-state index contributed by atoms with van der Waals surface area (Å²) in [5.41, 5.74) is 2.17. The van der Waals surface area contributed by atoms with Crippen LogP contribution < -0.4 is 31.9 Å². The summed E-state index contributed by atoms with van der Waals surface area (Å²) >= 11 is 0. The average molecular weight is 1060 g/mol. The summed E-state index contributed by atoms with van der Waals surface area (Å²) in [5.74, 6) is -3.17. The largest absolute Gasteiger partial charge is 0.459 e. The average Bonchev–Trinajstić information content (AvgIpc) is 4.14. The maximum Gasteiger partial charge on any atom is 0.306 e. The highest BCUT2D eigenvalue weighted by atomic mass is 35.5. The number of ether oxygens (including phenoxy) is 2. The Kier molecular flexibility index (Phi) is 21.3. The van der Waals surface area contributed by atoms with Gasteiger partial charge >= 0.3 is 11.9 Å². The Bertz CT molecular complexity index is 2170. The monoisotopic (exact) mass is 1060 g/mol. The van der Waals surface area contributed by atoms with Gasteiger partial charge in [-0.15, -0.1) is 24.8 Å². The minimum Gasteiger partial charge on any atom is -0.459 e. The molecule has 0 bridgehead atoms. The molecule has 6 rings (SSSR count). The first kappa shape index (κ1) is 60.3. The van der Waals surface area contributed by atoms with Crippen molar-refractivity contribution in [2.75, 3.05) is 27.2 Å². The highest BCUT2D eigenvalue weighted by Gasteiger charge is 2.46. The van der Waals surface area contributed by atoms with E-state index in [4.69, 9.17) is 9.47 Å². The maximum absolute atomic E-state index is 14.1. The number of hydrogen-bond acceptors (Lipinski definition) is 12. The van der Waals surface area contributed by atoms with E-state index in [9.17, 15) is 38.4 Å². The zero-order valence-corrected chi connectivity index (χ0v) is 45.6. The molecule has 2 aliphatic carbocycles. The summed E-state index contributed by atoms with van der Waals surface area (Å²) in [5, 5.41) is 17.8. The van der Waals surface area contributed by atoms with Crippen molar-refractivity contribution < 1.29 is 47.8 Å². The molecule has 404 valence electrons. The van der Waals surface area contributed by atoms with Crippen LogP contribution in [0.25, 0.3) is 0 Å². The van der Waals surface area contributed by atoms with E-state index in [1.54, 1.807) is 37.7 Å². The fraction of sp³-hybridized carbons (Fsp3) is 0.623. The summed E-state index contributed by atoms with van der Waals surface area (Å²) in [7, 11) is 3.33. The molecule has 4 aliphatic rings. The third kappa shape index (κ3) is 14.5. The molecule has 0 aromatic heterocycles. The van der Waals surface area contributed by atoms with E-state index in [0.717, 1.165) is 22.3 Å². The predicted octanol–water partition coefficient (Wildman–Crippen LogP) is 3.91. The number of carbonyl (C=O) groups is 8. The van der Waals surface area contributed by atoms with Crippen LogP contribution in [0.2, 0.25) is 0 Å². The van der Waals surface area contributed by atoms with E-state index in [1.165, 1.54) is 0 Å². The van der Waals surface area contributed by atoms with Gasteiger partial charge in [0.25, 0.3) is 0 Å². The van der Waals surface area contributed by atoms with Crippen LogP contribution in [0.15, 0.2) is 48.5 Å². The fourth-order valence-electron chi connectivity index (χ4n) is 10.0. The molecule has 6 N–H and O–H groups in total. The third-order valence-electron chi connectivity index (χ3n) is 14.4. The summed E-state index contributed by atoms with van der Waals surface area (Å²) in [4.78, 5) is 112. The lowest BCUT2D eigenvalue weighted by atomic mass is 9.85. The Morgan fingerprint density at radius 2 is 0.945 bits per heavy atom. The molecule has 0 spiro atoms. The molecule has 0 radical (unpaired) electrons. The van der Waals surface area contributed by atoms with Crippen LogP contribution in [0.4, 0.5) is 0 Å². The second-order valence-corrected chi connectivity index (χ2v) is 21.7. The van der Waals surface area contributed by atoms with Crippen LogP contribution in [0.1, 0.15) is 135 Å². The van der Waals surface area contributed by atoms with Gasteiger partial charge < -0.3 is 51.2 Å². The highest BCUT2D eigenvalue weighted by Crippen LogP contribution is 2.37. The van der Waals surface area contributed by atoms with Gasteiger partial charge in [0.2, 0.25) is 35.4 Å². The molecule has 2 aromatic carbocycles. The van der Waals surface area contributed by atoms with Gasteiger partial charge in [0.15, 0.2) is 0 Å². The first-order valence-corrected chi connectivity index (χ1v) is 25.3. The number of benzene rings is 2. The Morgan fingerprint density at radius 3 is 1.29 bits per heavy atom. The van der Waals surface area contributed by atoms with Crippen molar-refractivity contribution in [1.29, 1.82) is 0 Å². The molecule has 2 fully saturated rings. The summed E-state index contributed by atoms with van der Waals surface area (Å²) in [6, 6.07) is 9.33. The number of fused-ring (bicyclic) bond motifs is 2. The predicted molar refractivity (Wildman–Crippen MR) is 279 cm³/mol. The Labute approximate surface area is 442 Å². The molecule has 18 nitrogen and oxygen atoms in total. The van der Waals surface area contributed by atoms with Crippen LogP contribution in [0, 0.1) is 10.8 Å². The van der Waals surface area contributed by atoms with Crippen molar-refractivity contribution in [2.24, 2.45) is 10.8 Å². The fourth-order valence-corrected chi connectivity index (χ4v) is 10.0. The van der Waals surface area contributed by atoms with E-state index in [0.29, 0.717) is 51.6 Å². The van der Waals surface area contributed by atoms with Gasteiger partial charge in [-0.1, -0.05) is 90.1 Å². The lowest BCUT2D eigenvalue weighted by Gasteiger charge is -2.36. The molecule has 2 heterocycles. The molecule has 10 atom stereocenters. The Hall–Kier alpha value is -5.30. The van der Waals surface area contributed by atoms with Gasteiger partial charge in [-0.3, -0.25) is 38.4 Å². The van der Waals surface area contributed by atoms with Crippen LogP contribution in [-0.2, 0) is 60.7 Å². The normalized spacial score (nSPS) is 22.7. The molecule has 2 aliphatic heterocycles. The molecule has 20 heteroatoms. The van der Waals surface area contributed by atoms with Gasteiger partial charge in [0, 0.05) is 38.8 Å². The van der Waals surface area contributed by atoms with Crippen molar-refractivity contribution in [2.45, 2.75) is 174 Å². The summed E-state index contributed by atoms with van der Waals surface area (Å²) in [6.07, 6.45) is 1.24. The van der Waals surface area contributed by atoms with Crippen LogP contribution in [-0.4, -0.2) is 133 Å². The van der Waals surface area contributed by atoms with Crippen molar-refractivity contribution in [3.05, 3.63) is 70.8 Å². The molecule has 73 heavy (non-hydrogen) atoms. The van der Waals surface area contributed by atoms with E-state index < -0.39 is 83.3 Å². The summed E-state index contributed by atoms with van der Waals surface area (Å²) < 4.78 is 12.1. The number of nitrogens with zero attached hydrogens (tertiary/aromatic N) is 2. The molecule has 2 aromatic rings. The van der Waals surface area contributed by atoms with Crippen molar-refractivity contribution in [3.63, 3.8) is 0 Å². The van der Waals surface area contributed by atoms with Gasteiger partial charge in [-0.25, -0.2) is 0 Å². The SMILES string of the molecule is CN[C@@H](C)C(=O)N[C@H](C(=O)N1CCCC1C(=O)N[C@H]1c2ccccc2C[C@@H]1OC(=O)CCCC(=O)O[C@H]1Cc2ccccc2[C@@H]1NC(=O)C1CCCN1C(=O)[C@@H](NC(=O)[C@H](C)NC)C(C)(C)C)C(C)(C)C.Cl.Cl. The number of amides is 6. The Balaban J connectivity index is 0.00000578. The number of likely N-dealkylation sites (tertiary alicyclic amines) is 2. The molecule has 0 saturated carbocycles. The topological polar surface area (TPSA) is 234 Å². The number of halogens is 2. The molecule has 6 amide bonds. The first-order chi connectivity index (χ1) is 33.5. The first-order valence-electron chi connectivity index (χ1n) is 25.3. The molecule has 2 unspecified atom stereocenters. The molecular formula is C53H78Cl2N8O10. The second kappa shape index (κ2) is 25.8. The number of carbonyl (C=O) groups excluding carboxylic acids is 8. The minimum atomic E-state index is -0.872. The zero-order valence-electron chi connectivity index (χ0n) is 44.0. The quantitative estimate of drug-likeness (QED) is 0.117.